The smallest absolute Gasteiger partial charge is 0.355 e. The zero-order valence-corrected chi connectivity index (χ0v) is 14.4. The Labute approximate surface area is 140 Å². The van der Waals surface area contributed by atoms with Crippen LogP contribution in [0.25, 0.3) is 0 Å². The number of halogens is 3. The maximum Gasteiger partial charge on any atom is 0.401 e. The van der Waals surface area contributed by atoms with E-state index in [0.29, 0.717) is 32.4 Å². The van der Waals surface area contributed by atoms with Gasteiger partial charge in [-0.15, -0.1) is 0 Å². The van der Waals surface area contributed by atoms with Crippen LogP contribution >= 0.6 is 0 Å². The molecule has 1 amide bonds. The third-order valence-corrected chi connectivity index (χ3v) is 4.61. The number of amides is 1. The number of rotatable bonds is 5. The number of nitrogens with one attached hydrogen (secondary N) is 1. The van der Waals surface area contributed by atoms with E-state index >= 15 is 0 Å². The number of carbonyl (C=O) groups is 1. The molecule has 8 heteroatoms. The lowest BCUT2D eigenvalue weighted by Gasteiger charge is -2.32. The van der Waals surface area contributed by atoms with Gasteiger partial charge in [0.1, 0.15) is 0 Å². The first-order valence-electron chi connectivity index (χ1n) is 8.23. The van der Waals surface area contributed by atoms with Crippen LogP contribution in [0, 0.1) is 19.8 Å². The number of piperidine rings is 1. The molecule has 24 heavy (non-hydrogen) atoms. The van der Waals surface area contributed by atoms with Crippen molar-refractivity contribution in [3.63, 3.8) is 0 Å². The van der Waals surface area contributed by atoms with Crippen LogP contribution < -0.4 is 5.32 Å². The second kappa shape index (κ2) is 7.55. The molecule has 1 aromatic rings. The van der Waals surface area contributed by atoms with Gasteiger partial charge in [-0.1, -0.05) is 0 Å². The standard InChI is InChI=1S/C16H25F3N4O/c1-11-14(12(2)22(3)21-11)6-7-20-15(24)13-5-4-8-23(9-13)10-16(17,18)19/h13H,4-10H2,1-3H3,(H,20,24). The van der Waals surface area contributed by atoms with Gasteiger partial charge >= 0.3 is 6.18 Å². The van der Waals surface area contributed by atoms with Crippen LogP contribution in [0.5, 0.6) is 0 Å². The highest BCUT2D eigenvalue weighted by molar-refractivity contribution is 5.79. The predicted molar refractivity (Wildman–Crippen MR) is 84.6 cm³/mol. The molecule has 1 aliphatic rings. The summed E-state index contributed by atoms with van der Waals surface area (Å²) in [6.07, 6.45) is -2.27. The maximum atomic E-state index is 12.5. The van der Waals surface area contributed by atoms with Crippen molar-refractivity contribution in [3.05, 3.63) is 17.0 Å². The van der Waals surface area contributed by atoms with Gasteiger partial charge in [-0.25, -0.2) is 0 Å². The molecule has 1 aliphatic heterocycles. The van der Waals surface area contributed by atoms with Crippen LogP contribution in [-0.4, -0.2) is 52.9 Å². The van der Waals surface area contributed by atoms with Gasteiger partial charge in [0.15, 0.2) is 0 Å². The molecule has 2 heterocycles. The average molecular weight is 346 g/mol. The highest BCUT2D eigenvalue weighted by atomic mass is 19.4. The lowest BCUT2D eigenvalue weighted by atomic mass is 9.97. The number of aryl methyl sites for hydroxylation is 2. The fourth-order valence-electron chi connectivity index (χ4n) is 3.30. The average Bonchev–Trinajstić information content (AvgIpc) is 2.72. The van der Waals surface area contributed by atoms with Gasteiger partial charge in [0, 0.05) is 25.8 Å². The SMILES string of the molecule is Cc1nn(C)c(C)c1CCNC(=O)C1CCCN(CC(F)(F)F)C1. The molecule has 1 fully saturated rings. The summed E-state index contributed by atoms with van der Waals surface area (Å²) in [5, 5.41) is 7.20. The first-order chi connectivity index (χ1) is 11.2. The number of alkyl halides is 3. The van der Waals surface area contributed by atoms with E-state index in [1.54, 1.807) is 0 Å². The molecule has 136 valence electrons. The van der Waals surface area contributed by atoms with Crippen LogP contribution in [0.2, 0.25) is 0 Å². The fourth-order valence-corrected chi connectivity index (χ4v) is 3.30. The highest BCUT2D eigenvalue weighted by Gasteiger charge is 2.34. The number of nitrogens with zero attached hydrogens (tertiary/aromatic N) is 3. The summed E-state index contributed by atoms with van der Waals surface area (Å²) in [6, 6.07) is 0. The summed E-state index contributed by atoms with van der Waals surface area (Å²) in [6.45, 7) is 4.02. The van der Waals surface area contributed by atoms with E-state index in [0.717, 1.165) is 17.0 Å². The Balaban J connectivity index is 1.81. The van der Waals surface area contributed by atoms with Crippen LogP contribution in [0.15, 0.2) is 0 Å². The van der Waals surface area contributed by atoms with E-state index in [1.807, 2.05) is 25.6 Å². The van der Waals surface area contributed by atoms with E-state index in [2.05, 4.69) is 10.4 Å². The Bertz CT molecular complexity index is 583. The number of likely N-dealkylation sites (tertiary alicyclic amines) is 1. The Morgan fingerprint density at radius 1 is 1.38 bits per heavy atom. The molecule has 0 bridgehead atoms. The molecule has 1 saturated heterocycles. The summed E-state index contributed by atoms with van der Waals surface area (Å²) < 4.78 is 39.3. The molecule has 1 unspecified atom stereocenters. The molecule has 5 nitrogen and oxygen atoms in total. The topological polar surface area (TPSA) is 50.2 Å². The molecule has 2 rings (SSSR count). The molecule has 1 atom stereocenters. The molecule has 1 N–H and O–H groups in total. The Kier molecular flexibility index (Phi) is 5.90. The Morgan fingerprint density at radius 3 is 2.67 bits per heavy atom. The number of carbonyl (C=O) groups excluding carboxylic acids is 1. The quantitative estimate of drug-likeness (QED) is 0.887. The van der Waals surface area contributed by atoms with E-state index < -0.39 is 12.7 Å². The van der Waals surface area contributed by atoms with Gasteiger partial charge in [0.25, 0.3) is 0 Å². The number of aromatic nitrogens is 2. The van der Waals surface area contributed by atoms with Crippen LogP contribution in [0.3, 0.4) is 0 Å². The van der Waals surface area contributed by atoms with E-state index in [4.69, 9.17) is 0 Å². The van der Waals surface area contributed by atoms with Crippen molar-refractivity contribution in [3.8, 4) is 0 Å². The summed E-state index contributed by atoms with van der Waals surface area (Å²) >= 11 is 0. The summed E-state index contributed by atoms with van der Waals surface area (Å²) in [5.74, 6) is -0.515. The van der Waals surface area contributed by atoms with Crippen molar-refractivity contribution < 1.29 is 18.0 Å². The first kappa shape index (κ1) is 18.8. The van der Waals surface area contributed by atoms with Crippen LogP contribution in [-0.2, 0) is 18.3 Å². The molecule has 0 radical (unpaired) electrons. The zero-order chi connectivity index (χ0) is 17.9. The van der Waals surface area contributed by atoms with Crippen molar-refractivity contribution in [1.82, 2.24) is 20.0 Å². The molecular weight excluding hydrogens is 321 g/mol. The normalized spacial score (nSPS) is 19.5. The highest BCUT2D eigenvalue weighted by Crippen LogP contribution is 2.22. The number of hydrogen-bond acceptors (Lipinski definition) is 3. The van der Waals surface area contributed by atoms with Gasteiger partial charge in [0.05, 0.1) is 18.2 Å². The summed E-state index contributed by atoms with van der Waals surface area (Å²) in [4.78, 5) is 13.6. The number of hydrogen-bond donors (Lipinski definition) is 1. The second-order valence-corrected chi connectivity index (χ2v) is 6.50. The van der Waals surface area contributed by atoms with Crippen molar-refractivity contribution in [2.75, 3.05) is 26.2 Å². The van der Waals surface area contributed by atoms with E-state index in [9.17, 15) is 18.0 Å². The lowest BCUT2D eigenvalue weighted by molar-refractivity contribution is -0.152. The van der Waals surface area contributed by atoms with Gasteiger partial charge in [-0.05, 0) is 45.2 Å². The fraction of sp³-hybridized carbons (Fsp3) is 0.750. The van der Waals surface area contributed by atoms with Crippen molar-refractivity contribution in [2.24, 2.45) is 13.0 Å². The van der Waals surface area contributed by atoms with Gasteiger partial charge in [-0.2, -0.15) is 18.3 Å². The molecule has 1 aromatic heterocycles. The maximum absolute atomic E-state index is 12.5. The zero-order valence-electron chi connectivity index (χ0n) is 14.4. The molecule has 0 aromatic carbocycles. The minimum Gasteiger partial charge on any atom is -0.355 e. The molecule has 0 saturated carbocycles. The van der Waals surface area contributed by atoms with Crippen molar-refractivity contribution in [1.29, 1.82) is 0 Å². The largest absolute Gasteiger partial charge is 0.401 e. The van der Waals surface area contributed by atoms with Gasteiger partial charge in [-0.3, -0.25) is 14.4 Å². The Morgan fingerprint density at radius 2 is 2.08 bits per heavy atom. The lowest BCUT2D eigenvalue weighted by Crippen LogP contribution is -2.46. The van der Waals surface area contributed by atoms with Crippen molar-refractivity contribution >= 4 is 5.91 Å². The van der Waals surface area contributed by atoms with E-state index in [1.165, 1.54) is 4.90 Å². The van der Waals surface area contributed by atoms with Crippen LogP contribution in [0.4, 0.5) is 13.2 Å². The minimum absolute atomic E-state index is 0.152. The first-order valence-corrected chi connectivity index (χ1v) is 8.23. The monoisotopic (exact) mass is 346 g/mol. The third-order valence-electron chi connectivity index (χ3n) is 4.61. The molecule has 0 aliphatic carbocycles. The summed E-state index contributed by atoms with van der Waals surface area (Å²) in [5.41, 5.74) is 3.12. The Hall–Kier alpha value is -1.57. The van der Waals surface area contributed by atoms with Gasteiger partial charge in [0.2, 0.25) is 5.91 Å². The molecule has 0 spiro atoms. The van der Waals surface area contributed by atoms with Crippen molar-refractivity contribution in [2.45, 2.75) is 39.3 Å². The minimum atomic E-state index is -4.21. The predicted octanol–water partition coefficient (Wildman–Crippen LogP) is 1.97. The third kappa shape index (κ3) is 4.96. The molecular formula is C16H25F3N4O. The summed E-state index contributed by atoms with van der Waals surface area (Å²) in [7, 11) is 1.88. The van der Waals surface area contributed by atoms with Gasteiger partial charge < -0.3 is 5.32 Å². The van der Waals surface area contributed by atoms with E-state index in [-0.39, 0.29) is 18.4 Å². The van der Waals surface area contributed by atoms with Crippen LogP contribution in [0.1, 0.15) is 29.8 Å². The second-order valence-electron chi connectivity index (χ2n) is 6.50.